The second-order valence-electron chi connectivity index (χ2n) is 5.56. The molecule has 1 fully saturated rings. The molecule has 1 saturated carbocycles. The Bertz CT molecular complexity index is 700. The summed E-state index contributed by atoms with van der Waals surface area (Å²) < 4.78 is 18.1. The first kappa shape index (κ1) is 14.5. The van der Waals surface area contributed by atoms with E-state index >= 15 is 0 Å². The summed E-state index contributed by atoms with van der Waals surface area (Å²) in [5.41, 5.74) is 2.52. The monoisotopic (exact) mass is 300 g/mol. The van der Waals surface area contributed by atoms with E-state index in [0.717, 1.165) is 17.5 Å². The average molecular weight is 300 g/mol. The molecule has 0 saturated heterocycles. The number of aryl methyl sites for hydroxylation is 1. The van der Waals surface area contributed by atoms with E-state index in [9.17, 15) is 9.18 Å². The Morgan fingerprint density at radius 3 is 2.77 bits per heavy atom. The van der Waals surface area contributed by atoms with Crippen LogP contribution in [0.1, 0.15) is 23.5 Å². The number of nitrogens with zero attached hydrogens (tertiary/aromatic N) is 1. The van der Waals surface area contributed by atoms with Crippen LogP contribution < -0.4 is 10.1 Å². The van der Waals surface area contributed by atoms with E-state index in [-0.39, 0.29) is 23.6 Å². The fourth-order valence-corrected chi connectivity index (χ4v) is 2.60. The van der Waals surface area contributed by atoms with Crippen LogP contribution in [0.25, 0.3) is 0 Å². The number of methoxy groups -OCH3 is 1. The lowest BCUT2D eigenvalue weighted by molar-refractivity contribution is -0.117. The summed E-state index contributed by atoms with van der Waals surface area (Å²) in [6, 6.07) is 8.16. The maximum Gasteiger partial charge on any atom is 0.237 e. The predicted octanol–water partition coefficient (Wildman–Crippen LogP) is 3.28. The van der Waals surface area contributed by atoms with Crippen molar-refractivity contribution in [2.45, 2.75) is 19.3 Å². The average Bonchev–Trinajstić information content (AvgIpc) is 3.29. The van der Waals surface area contributed by atoms with E-state index < -0.39 is 0 Å². The molecule has 2 aromatic rings. The number of halogens is 1. The van der Waals surface area contributed by atoms with Gasteiger partial charge in [0.2, 0.25) is 11.8 Å². The lowest BCUT2D eigenvalue weighted by Crippen LogP contribution is -2.15. The molecule has 114 valence electrons. The minimum atomic E-state index is -0.263. The first-order chi connectivity index (χ1) is 10.6. The SMILES string of the molecule is COc1ncc(C)cc1NC(=O)[C@@H]1C[C@H]1c1ccc(F)cc1. The lowest BCUT2D eigenvalue weighted by Gasteiger charge is -2.10. The molecular weight excluding hydrogens is 283 g/mol. The zero-order valence-corrected chi connectivity index (χ0v) is 12.5. The molecule has 2 atom stereocenters. The van der Waals surface area contributed by atoms with Crippen molar-refractivity contribution >= 4 is 11.6 Å². The molecule has 1 aliphatic rings. The summed E-state index contributed by atoms with van der Waals surface area (Å²) in [4.78, 5) is 16.5. The minimum absolute atomic E-state index is 0.0555. The van der Waals surface area contributed by atoms with Crippen molar-refractivity contribution in [2.75, 3.05) is 12.4 Å². The molecule has 1 aromatic carbocycles. The van der Waals surface area contributed by atoms with Gasteiger partial charge >= 0.3 is 0 Å². The van der Waals surface area contributed by atoms with Gasteiger partial charge in [-0.25, -0.2) is 9.37 Å². The highest BCUT2D eigenvalue weighted by atomic mass is 19.1. The van der Waals surface area contributed by atoms with Crippen LogP contribution in [0.4, 0.5) is 10.1 Å². The quantitative estimate of drug-likeness (QED) is 0.942. The molecule has 0 aliphatic heterocycles. The summed E-state index contributed by atoms with van der Waals surface area (Å²) >= 11 is 0. The van der Waals surface area contributed by atoms with E-state index in [2.05, 4.69) is 10.3 Å². The molecular formula is C17H17FN2O2. The van der Waals surface area contributed by atoms with Crippen LogP contribution in [0.2, 0.25) is 0 Å². The molecule has 0 radical (unpaired) electrons. The van der Waals surface area contributed by atoms with Gasteiger partial charge in [-0.2, -0.15) is 0 Å². The molecule has 0 spiro atoms. The third-order valence-electron chi connectivity index (χ3n) is 3.86. The number of carbonyl (C=O) groups is 1. The molecule has 3 rings (SSSR count). The molecule has 1 aliphatic carbocycles. The number of nitrogens with one attached hydrogen (secondary N) is 1. The van der Waals surface area contributed by atoms with Gasteiger partial charge < -0.3 is 10.1 Å². The number of anilines is 1. The Morgan fingerprint density at radius 1 is 1.36 bits per heavy atom. The molecule has 0 bridgehead atoms. The number of ether oxygens (including phenoxy) is 1. The van der Waals surface area contributed by atoms with Crippen molar-refractivity contribution in [3.8, 4) is 5.88 Å². The molecule has 1 aromatic heterocycles. The third kappa shape index (κ3) is 2.93. The Kier molecular flexibility index (Phi) is 3.79. The number of rotatable bonds is 4. The van der Waals surface area contributed by atoms with Crippen molar-refractivity contribution in [1.29, 1.82) is 0 Å². The fourth-order valence-electron chi connectivity index (χ4n) is 2.60. The number of aromatic nitrogens is 1. The number of hydrogen-bond donors (Lipinski definition) is 1. The zero-order chi connectivity index (χ0) is 15.7. The Labute approximate surface area is 128 Å². The van der Waals surface area contributed by atoms with E-state index in [1.165, 1.54) is 19.2 Å². The van der Waals surface area contributed by atoms with Crippen LogP contribution in [0, 0.1) is 18.7 Å². The largest absolute Gasteiger partial charge is 0.480 e. The molecule has 1 amide bonds. The summed E-state index contributed by atoms with van der Waals surface area (Å²) in [6.45, 7) is 1.90. The Hall–Kier alpha value is -2.43. The normalized spacial score (nSPS) is 19.6. The van der Waals surface area contributed by atoms with Crippen LogP contribution in [0.3, 0.4) is 0 Å². The van der Waals surface area contributed by atoms with Crippen molar-refractivity contribution < 1.29 is 13.9 Å². The van der Waals surface area contributed by atoms with E-state index in [1.54, 1.807) is 18.3 Å². The fraction of sp³-hybridized carbons (Fsp3) is 0.294. The van der Waals surface area contributed by atoms with Crippen molar-refractivity contribution in [2.24, 2.45) is 5.92 Å². The molecule has 1 N–H and O–H groups in total. The Morgan fingerprint density at radius 2 is 2.09 bits per heavy atom. The summed E-state index contributed by atoms with van der Waals surface area (Å²) in [5.74, 6) is 0.152. The van der Waals surface area contributed by atoms with Crippen molar-refractivity contribution in [1.82, 2.24) is 4.98 Å². The Balaban J connectivity index is 1.69. The van der Waals surface area contributed by atoms with Gasteiger partial charge in [0, 0.05) is 12.1 Å². The second-order valence-corrected chi connectivity index (χ2v) is 5.56. The van der Waals surface area contributed by atoms with Gasteiger partial charge in [0.05, 0.1) is 7.11 Å². The summed E-state index contributed by atoms with van der Waals surface area (Å²) in [7, 11) is 1.52. The van der Waals surface area contributed by atoms with Gasteiger partial charge in [0.1, 0.15) is 11.5 Å². The predicted molar refractivity (Wildman–Crippen MR) is 81.4 cm³/mol. The van der Waals surface area contributed by atoms with Crippen molar-refractivity contribution in [3.05, 3.63) is 53.5 Å². The zero-order valence-electron chi connectivity index (χ0n) is 12.5. The van der Waals surface area contributed by atoms with Gasteiger partial charge in [-0.1, -0.05) is 12.1 Å². The molecule has 5 heteroatoms. The van der Waals surface area contributed by atoms with E-state index in [0.29, 0.717) is 11.6 Å². The van der Waals surface area contributed by atoms with E-state index in [4.69, 9.17) is 4.74 Å². The highest BCUT2D eigenvalue weighted by Crippen LogP contribution is 2.48. The minimum Gasteiger partial charge on any atom is -0.480 e. The number of carbonyl (C=O) groups excluding carboxylic acids is 1. The van der Waals surface area contributed by atoms with E-state index in [1.807, 2.05) is 13.0 Å². The number of amides is 1. The number of benzene rings is 1. The first-order valence-electron chi connectivity index (χ1n) is 7.15. The summed E-state index contributed by atoms with van der Waals surface area (Å²) in [6.07, 6.45) is 2.46. The number of pyridine rings is 1. The van der Waals surface area contributed by atoms with Gasteiger partial charge in [-0.3, -0.25) is 4.79 Å². The number of hydrogen-bond acceptors (Lipinski definition) is 3. The van der Waals surface area contributed by atoms with Gasteiger partial charge in [0.25, 0.3) is 0 Å². The molecule has 4 nitrogen and oxygen atoms in total. The lowest BCUT2D eigenvalue weighted by atomic mass is 10.1. The van der Waals surface area contributed by atoms with Crippen LogP contribution in [-0.2, 0) is 4.79 Å². The molecule has 0 unspecified atom stereocenters. The summed E-state index contributed by atoms with van der Waals surface area (Å²) in [5, 5.41) is 2.87. The molecule has 22 heavy (non-hydrogen) atoms. The topological polar surface area (TPSA) is 51.2 Å². The first-order valence-corrected chi connectivity index (χ1v) is 7.15. The van der Waals surface area contributed by atoms with Crippen LogP contribution in [0.5, 0.6) is 5.88 Å². The van der Waals surface area contributed by atoms with Gasteiger partial charge in [-0.15, -0.1) is 0 Å². The highest BCUT2D eigenvalue weighted by molar-refractivity contribution is 5.96. The standard InChI is InChI=1S/C17H17FN2O2/c1-10-7-15(17(22-2)19-9-10)20-16(21)14-8-13(14)11-3-5-12(18)6-4-11/h3-7,9,13-14H,8H2,1-2H3,(H,20,21)/t13-,14+/m0/s1. The van der Waals surface area contributed by atoms with Crippen LogP contribution in [-0.4, -0.2) is 18.0 Å². The second kappa shape index (κ2) is 5.75. The highest BCUT2D eigenvalue weighted by Gasteiger charge is 2.44. The van der Waals surface area contributed by atoms with Crippen molar-refractivity contribution in [3.63, 3.8) is 0 Å². The maximum atomic E-state index is 12.9. The van der Waals surface area contributed by atoms with Gasteiger partial charge in [0.15, 0.2) is 0 Å². The smallest absolute Gasteiger partial charge is 0.237 e. The molecule has 1 heterocycles. The third-order valence-corrected chi connectivity index (χ3v) is 3.86. The van der Waals surface area contributed by atoms with Crippen LogP contribution in [0.15, 0.2) is 36.5 Å². The van der Waals surface area contributed by atoms with Crippen LogP contribution >= 0.6 is 0 Å². The maximum absolute atomic E-state index is 12.9. The van der Waals surface area contributed by atoms with Gasteiger partial charge in [-0.05, 0) is 48.6 Å².